The molecule has 0 bridgehead atoms. The minimum atomic E-state index is -1.11. The van der Waals surface area contributed by atoms with Crippen LogP contribution in [0.3, 0.4) is 0 Å². The summed E-state index contributed by atoms with van der Waals surface area (Å²) in [6.45, 7) is 8.25. The Labute approximate surface area is 126 Å². The second kappa shape index (κ2) is 5.35. The van der Waals surface area contributed by atoms with Crippen LogP contribution in [0.5, 0.6) is 0 Å². The van der Waals surface area contributed by atoms with Gasteiger partial charge in [0.25, 0.3) is 0 Å². The van der Waals surface area contributed by atoms with Crippen LogP contribution in [0.2, 0.25) is 0 Å². The quantitative estimate of drug-likeness (QED) is 0.899. The molecule has 0 radical (unpaired) electrons. The molecular formula is C19H21NO. The van der Waals surface area contributed by atoms with Gasteiger partial charge in [0, 0.05) is 0 Å². The first-order valence-electron chi connectivity index (χ1n) is 7.09. The minimum absolute atomic E-state index is 0.0884. The van der Waals surface area contributed by atoms with Crippen molar-refractivity contribution in [1.29, 1.82) is 5.26 Å². The van der Waals surface area contributed by atoms with E-state index in [1.54, 1.807) is 25.1 Å². The fraction of sp³-hybridized carbons (Fsp3) is 0.316. The molecule has 2 aromatic carbocycles. The Morgan fingerprint density at radius 3 is 1.95 bits per heavy atom. The van der Waals surface area contributed by atoms with Crippen molar-refractivity contribution in [3.8, 4) is 6.07 Å². The Balaban J connectivity index is 2.41. The Morgan fingerprint density at radius 1 is 0.857 bits per heavy atom. The zero-order valence-corrected chi connectivity index (χ0v) is 13.0. The minimum Gasteiger partial charge on any atom is -0.381 e. The maximum atomic E-state index is 10.9. The lowest BCUT2D eigenvalue weighted by Gasteiger charge is -2.26. The van der Waals surface area contributed by atoms with E-state index in [4.69, 9.17) is 5.26 Å². The van der Waals surface area contributed by atoms with Crippen molar-refractivity contribution in [3.05, 3.63) is 70.8 Å². The SMILES string of the molecule is CC(C)(C)c1ccc(C(C)(O)c2cccc(C#N)c2)cc1. The zero-order chi connectivity index (χ0) is 15.7. The third-order valence-electron chi connectivity index (χ3n) is 3.87. The second-order valence-electron chi connectivity index (χ2n) is 6.59. The van der Waals surface area contributed by atoms with Crippen molar-refractivity contribution in [2.75, 3.05) is 0 Å². The highest BCUT2D eigenvalue weighted by molar-refractivity contribution is 5.41. The van der Waals surface area contributed by atoms with Crippen molar-refractivity contribution in [2.45, 2.75) is 38.7 Å². The standard InChI is InChI=1S/C19H21NO/c1-18(2,3)15-8-10-16(11-9-15)19(4,21)17-7-5-6-14(12-17)13-20/h5-12,21H,1-4H3. The van der Waals surface area contributed by atoms with Crippen molar-refractivity contribution in [1.82, 2.24) is 0 Å². The molecule has 0 fully saturated rings. The highest BCUT2D eigenvalue weighted by Gasteiger charge is 2.26. The molecule has 0 aliphatic heterocycles. The van der Waals surface area contributed by atoms with Crippen LogP contribution in [0.4, 0.5) is 0 Å². The first-order valence-corrected chi connectivity index (χ1v) is 7.09. The van der Waals surface area contributed by atoms with E-state index < -0.39 is 5.60 Å². The molecular weight excluding hydrogens is 258 g/mol. The molecule has 0 aliphatic rings. The van der Waals surface area contributed by atoms with Gasteiger partial charge in [-0.2, -0.15) is 5.26 Å². The third-order valence-corrected chi connectivity index (χ3v) is 3.87. The van der Waals surface area contributed by atoms with E-state index in [-0.39, 0.29) is 5.41 Å². The van der Waals surface area contributed by atoms with E-state index in [1.165, 1.54) is 5.56 Å². The van der Waals surface area contributed by atoms with Crippen LogP contribution in [0.15, 0.2) is 48.5 Å². The number of hydrogen-bond donors (Lipinski definition) is 1. The number of aliphatic hydroxyl groups is 1. The van der Waals surface area contributed by atoms with E-state index in [0.717, 1.165) is 11.1 Å². The number of nitriles is 1. The van der Waals surface area contributed by atoms with Crippen LogP contribution in [0.25, 0.3) is 0 Å². The van der Waals surface area contributed by atoms with Crippen molar-refractivity contribution in [2.24, 2.45) is 0 Å². The van der Waals surface area contributed by atoms with Gasteiger partial charge in [-0.1, -0.05) is 57.2 Å². The molecule has 0 aliphatic carbocycles. The van der Waals surface area contributed by atoms with Gasteiger partial charge in [0.1, 0.15) is 5.60 Å². The average Bonchev–Trinajstić information content (AvgIpc) is 2.46. The first kappa shape index (κ1) is 15.3. The van der Waals surface area contributed by atoms with E-state index in [2.05, 4.69) is 39.0 Å². The molecule has 0 saturated heterocycles. The monoisotopic (exact) mass is 279 g/mol. The molecule has 2 heteroatoms. The lowest BCUT2D eigenvalue weighted by molar-refractivity contribution is 0.102. The molecule has 1 N–H and O–H groups in total. The van der Waals surface area contributed by atoms with Gasteiger partial charge in [-0.25, -0.2) is 0 Å². The van der Waals surface area contributed by atoms with Gasteiger partial charge in [0.2, 0.25) is 0 Å². The highest BCUT2D eigenvalue weighted by atomic mass is 16.3. The predicted molar refractivity (Wildman–Crippen MR) is 85.0 cm³/mol. The molecule has 1 atom stereocenters. The molecule has 0 heterocycles. The van der Waals surface area contributed by atoms with Crippen molar-refractivity contribution < 1.29 is 5.11 Å². The topological polar surface area (TPSA) is 44.0 Å². The molecule has 0 saturated carbocycles. The summed E-state index contributed by atoms with van der Waals surface area (Å²) in [4.78, 5) is 0. The van der Waals surface area contributed by atoms with Crippen LogP contribution in [-0.2, 0) is 11.0 Å². The number of nitrogens with zero attached hydrogens (tertiary/aromatic N) is 1. The molecule has 21 heavy (non-hydrogen) atoms. The molecule has 0 spiro atoms. The van der Waals surface area contributed by atoms with E-state index in [9.17, 15) is 5.11 Å². The van der Waals surface area contributed by atoms with Gasteiger partial charge in [0.15, 0.2) is 0 Å². The number of hydrogen-bond acceptors (Lipinski definition) is 2. The van der Waals surface area contributed by atoms with Crippen LogP contribution < -0.4 is 0 Å². The average molecular weight is 279 g/mol. The molecule has 2 rings (SSSR count). The second-order valence-corrected chi connectivity index (χ2v) is 6.59. The van der Waals surface area contributed by atoms with Gasteiger partial charge >= 0.3 is 0 Å². The van der Waals surface area contributed by atoms with Gasteiger partial charge in [-0.05, 0) is 41.2 Å². The van der Waals surface area contributed by atoms with Crippen LogP contribution in [0.1, 0.15) is 49.9 Å². The van der Waals surface area contributed by atoms with Crippen LogP contribution in [0, 0.1) is 11.3 Å². The maximum Gasteiger partial charge on any atom is 0.112 e. The van der Waals surface area contributed by atoms with Crippen molar-refractivity contribution >= 4 is 0 Å². The largest absolute Gasteiger partial charge is 0.381 e. The van der Waals surface area contributed by atoms with Gasteiger partial charge in [-0.3, -0.25) is 0 Å². The predicted octanol–water partition coefficient (Wildman–Crippen LogP) is 4.11. The van der Waals surface area contributed by atoms with Gasteiger partial charge < -0.3 is 5.11 Å². The summed E-state index contributed by atoms with van der Waals surface area (Å²) < 4.78 is 0. The fourth-order valence-corrected chi connectivity index (χ4v) is 2.35. The van der Waals surface area contributed by atoms with Crippen LogP contribution >= 0.6 is 0 Å². The maximum absolute atomic E-state index is 10.9. The summed E-state index contributed by atoms with van der Waals surface area (Å²) in [5, 5.41) is 19.9. The Bertz CT molecular complexity index is 670. The molecule has 108 valence electrons. The Hall–Kier alpha value is -2.11. The Morgan fingerprint density at radius 2 is 1.43 bits per heavy atom. The first-order chi connectivity index (χ1) is 9.75. The molecule has 2 aromatic rings. The lowest BCUT2D eigenvalue weighted by atomic mass is 9.83. The number of benzene rings is 2. The summed E-state index contributed by atoms with van der Waals surface area (Å²) in [7, 11) is 0. The fourth-order valence-electron chi connectivity index (χ4n) is 2.35. The van der Waals surface area contributed by atoms with Gasteiger partial charge in [-0.15, -0.1) is 0 Å². The summed E-state index contributed by atoms with van der Waals surface area (Å²) in [6, 6.07) is 17.2. The Kier molecular flexibility index (Phi) is 3.89. The van der Waals surface area contributed by atoms with E-state index in [0.29, 0.717) is 5.56 Å². The van der Waals surface area contributed by atoms with Gasteiger partial charge in [0.05, 0.1) is 11.6 Å². The lowest BCUT2D eigenvalue weighted by Crippen LogP contribution is -2.23. The normalized spacial score (nSPS) is 14.3. The summed E-state index contributed by atoms with van der Waals surface area (Å²) >= 11 is 0. The third kappa shape index (κ3) is 3.15. The van der Waals surface area contributed by atoms with E-state index in [1.807, 2.05) is 18.2 Å². The molecule has 0 amide bonds. The summed E-state index contributed by atoms with van der Waals surface area (Å²) in [5.74, 6) is 0. The summed E-state index contributed by atoms with van der Waals surface area (Å²) in [5.41, 5.74) is 2.32. The molecule has 2 nitrogen and oxygen atoms in total. The zero-order valence-electron chi connectivity index (χ0n) is 13.0. The highest BCUT2D eigenvalue weighted by Crippen LogP contribution is 2.31. The summed E-state index contributed by atoms with van der Waals surface area (Å²) in [6.07, 6.45) is 0. The van der Waals surface area contributed by atoms with Crippen LogP contribution in [-0.4, -0.2) is 5.11 Å². The smallest absolute Gasteiger partial charge is 0.112 e. The number of rotatable bonds is 2. The molecule has 0 aromatic heterocycles. The molecule has 1 unspecified atom stereocenters. The van der Waals surface area contributed by atoms with Crippen molar-refractivity contribution in [3.63, 3.8) is 0 Å². The van der Waals surface area contributed by atoms with E-state index >= 15 is 0 Å².